The summed E-state index contributed by atoms with van der Waals surface area (Å²) in [6.07, 6.45) is 5.71. The Bertz CT molecular complexity index is 847. The minimum Gasteiger partial charge on any atom is -0.472 e. The van der Waals surface area contributed by atoms with Gasteiger partial charge in [0.2, 0.25) is 5.91 Å². The second kappa shape index (κ2) is 9.47. The molecule has 4 rings (SSSR count). The molecule has 0 aliphatic carbocycles. The van der Waals surface area contributed by atoms with Crippen molar-refractivity contribution >= 4 is 11.8 Å². The standard InChI is InChI=1S/C24H31N3O3/c1-19-5-7-20(8-6-19)16-25-10-3-12-26(14-13-25)23(28)21-4-2-11-27(17-21)24(29)22-9-15-30-18-22/h5-9,15,18,21H,2-4,10-14,16-17H2,1H3/t21-/m0/s1. The number of piperidine rings is 1. The fraction of sp³-hybridized carbons (Fsp3) is 0.500. The van der Waals surface area contributed by atoms with E-state index in [0.717, 1.165) is 52.0 Å². The predicted octanol–water partition coefficient (Wildman–Crippen LogP) is 3.17. The second-order valence-electron chi connectivity index (χ2n) is 8.54. The first-order chi connectivity index (χ1) is 14.6. The average Bonchev–Trinajstić information content (AvgIpc) is 3.21. The maximum absolute atomic E-state index is 13.2. The molecule has 0 unspecified atom stereocenters. The molecule has 0 N–H and O–H groups in total. The summed E-state index contributed by atoms with van der Waals surface area (Å²) < 4.78 is 5.04. The summed E-state index contributed by atoms with van der Waals surface area (Å²) in [5.74, 6) is 0.0662. The Kier molecular flexibility index (Phi) is 6.53. The van der Waals surface area contributed by atoms with E-state index in [0.29, 0.717) is 18.7 Å². The number of likely N-dealkylation sites (tertiary alicyclic amines) is 1. The summed E-state index contributed by atoms with van der Waals surface area (Å²) in [6, 6.07) is 10.4. The number of hydrogen-bond acceptors (Lipinski definition) is 4. The maximum Gasteiger partial charge on any atom is 0.257 e. The van der Waals surface area contributed by atoms with E-state index >= 15 is 0 Å². The van der Waals surface area contributed by atoms with Gasteiger partial charge in [-0.25, -0.2) is 0 Å². The van der Waals surface area contributed by atoms with Crippen LogP contribution >= 0.6 is 0 Å². The minimum absolute atomic E-state index is 0.0404. The second-order valence-corrected chi connectivity index (χ2v) is 8.54. The Morgan fingerprint density at radius 1 is 0.967 bits per heavy atom. The SMILES string of the molecule is Cc1ccc(CN2CCCN(C(=O)[C@H]3CCCN(C(=O)c4ccoc4)C3)CC2)cc1. The molecular weight excluding hydrogens is 378 g/mol. The Balaban J connectivity index is 1.32. The molecule has 6 heteroatoms. The number of hydrogen-bond donors (Lipinski definition) is 0. The molecule has 0 spiro atoms. The van der Waals surface area contributed by atoms with Crippen molar-refractivity contribution in [3.05, 3.63) is 59.5 Å². The highest BCUT2D eigenvalue weighted by Crippen LogP contribution is 2.22. The van der Waals surface area contributed by atoms with Crippen LogP contribution in [0.4, 0.5) is 0 Å². The largest absolute Gasteiger partial charge is 0.472 e. The summed E-state index contributed by atoms with van der Waals surface area (Å²) in [4.78, 5) is 32.1. The maximum atomic E-state index is 13.2. The third-order valence-electron chi connectivity index (χ3n) is 6.25. The highest BCUT2D eigenvalue weighted by atomic mass is 16.3. The van der Waals surface area contributed by atoms with Crippen molar-refractivity contribution in [2.45, 2.75) is 32.7 Å². The lowest BCUT2D eigenvalue weighted by Crippen LogP contribution is -2.47. The zero-order valence-electron chi connectivity index (χ0n) is 17.8. The number of carbonyl (C=O) groups is 2. The molecule has 6 nitrogen and oxygen atoms in total. The van der Waals surface area contributed by atoms with Crippen LogP contribution in [-0.2, 0) is 11.3 Å². The van der Waals surface area contributed by atoms with Crippen molar-refractivity contribution in [1.29, 1.82) is 0 Å². The van der Waals surface area contributed by atoms with Crippen LogP contribution in [0.3, 0.4) is 0 Å². The van der Waals surface area contributed by atoms with Crippen molar-refractivity contribution in [3.63, 3.8) is 0 Å². The molecule has 3 heterocycles. The van der Waals surface area contributed by atoms with Crippen LogP contribution in [0.25, 0.3) is 0 Å². The van der Waals surface area contributed by atoms with Crippen molar-refractivity contribution in [2.75, 3.05) is 39.3 Å². The van der Waals surface area contributed by atoms with Crippen LogP contribution in [-0.4, -0.2) is 65.8 Å². The average molecular weight is 410 g/mol. The number of amides is 2. The van der Waals surface area contributed by atoms with E-state index in [2.05, 4.69) is 36.1 Å². The fourth-order valence-corrected chi connectivity index (χ4v) is 4.49. The summed E-state index contributed by atoms with van der Waals surface area (Å²) in [7, 11) is 0. The third-order valence-corrected chi connectivity index (χ3v) is 6.25. The Morgan fingerprint density at radius 3 is 2.53 bits per heavy atom. The summed E-state index contributed by atoms with van der Waals surface area (Å²) in [6.45, 7) is 7.71. The lowest BCUT2D eigenvalue weighted by atomic mass is 9.96. The van der Waals surface area contributed by atoms with Crippen LogP contribution in [0.15, 0.2) is 47.3 Å². The Morgan fingerprint density at radius 2 is 1.77 bits per heavy atom. The monoisotopic (exact) mass is 409 g/mol. The Labute approximate surface area is 178 Å². The molecule has 2 aromatic rings. The van der Waals surface area contributed by atoms with Gasteiger partial charge < -0.3 is 14.2 Å². The van der Waals surface area contributed by atoms with Crippen molar-refractivity contribution < 1.29 is 14.0 Å². The van der Waals surface area contributed by atoms with Crippen LogP contribution in [0.2, 0.25) is 0 Å². The molecule has 1 atom stereocenters. The van der Waals surface area contributed by atoms with Gasteiger partial charge in [0.25, 0.3) is 5.91 Å². The molecule has 2 amide bonds. The third kappa shape index (κ3) is 4.93. The van der Waals surface area contributed by atoms with E-state index in [9.17, 15) is 9.59 Å². The molecule has 0 radical (unpaired) electrons. The predicted molar refractivity (Wildman–Crippen MR) is 115 cm³/mol. The van der Waals surface area contributed by atoms with Crippen LogP contribution in [0.5, 0.6) is 0 Å². The number of nitrogens with zero attached hydrogens (tertiary/aromatic N) is 3. The highest BCUT2D eigenvalue weighted by Gasteiger charge is 2.32. The molecule has 30 heavy (non-hydrogen) atoms. The van der Waals surface area contributed by atoms with Crippen LogP contribution in [0, 0.1) is 12.8 Å². The number of rotatable bonds is 4. The molecule has 160 valence electrons. The van der Waals surface area contributed by atoms with Gasteiger partial charge in [0.1, 0.15) is 6.26 Å². The summed E-state index contributed by atoms with van der Waals surface area (Å²) in [5.41, 5.74) is 3.16. The molecule has 2 aliphatic heterocycles. The number of benzene rings is 1. The molecule has 1 aromatic heterocycles. The topological polar surface area (TPSA) is 57.0 Å². The zero-order valence-corrected chi connectivity index (χ0v) is 17.8. The lowest BCUT2D eigenvalue weighted by Gasteiger charge is -2.34. The van der Waals surface area contributed by atoms with Gasteiger partial charge in [0.05, 0.1) is 17.7 Å². The van der Waals surface area contributed by atoms with E-state index in [1.807, 2.05) is 4.90 Å². The van der Waals surface area contributed by atoms with E-state index in [1.54, 1.807) is 11.0 Å². The van der Waals surface area contributed by atoms with Gasteiger partial charge in [0, 0.05) is 45.8 Å². The molecular formula is C24H31N3O3. The normalized spacial score (nSPS) is 20.8. The van der Waals surface area contributed by atoms with E-state index in [1.165, 1.54) is 23.7 Å². The number of aryl methyl sites for hydroxylation is 1. The first kappa shape index (κ1) is 20.7. The molecule has 1 aromatic carbocycles. The molecule has 0 bridgehead atoms. The van der Waals surface area contributed by atoms with Crippen molar-refractivity contribution in [2.24, 2.45) is 5.92 Å². The van der Waals surface area contributed by atoms with E-state index < -0.39 is 0 Å². The van der Waals surface area contributed by atoms with Crippen molar-refractivity contribution in [1.82, 2.24) is 14.7 Å². The van der Waals surface area contributed by atoms with Gasteiger partial charge in [-0.05, 0) is 37.8 Å². The zero-order chi connectivity index (χ0) is 20.9. The first-order valence-corrected chi connectivity index (χ1v) is 11.0. The van der Waals surface area contributed by atoms with Gasteiger partial charge in [-0.15, -0.1) is 0 Å². The number of carbonyl (C=O) groups excluding carboxylic acids is 2. The highest BCUT2D eigenvalue weighted by molar-refractivity contribution is 5.94. The van der Waals surface area contributed by atoms with Gasteiger partial charge >= 0.3 is 0 Å². The van der Waals surface area contributed by atoms with E-state index in [4.69, 9.17) is 4.42 Å². The lowest BCUT2D eigenvalue weighted by molar-refractivity contribution is -0.136. The van der Waals surface area contributed by atoms with Crippen LogP contribution in [0.1, 0.15) is 40.7 Å². The smallest absolute Gasteiger partial charge is 0.257 e. The molecule has 0 saturated carbocycles. The summed E-state index contributed by atoms with van der Waals surface area (Å²) >= 11 is 0. The van der Waals surface area contributed by atoms with E-state index in [-0.39, 0.29) is 17.7 Å². The molecule has 2 fully saturated rings. The van der Waals surface area contributed by atoms with Gasteiger partial charge in [-0.2, -0.15) is 0 Å². The Hall–Kier alpha value is -2.60. The number of furan rings is 1. The van der Waals surface area contributed by atoms with Gasteiger partial charge in [0.15, 0.2) is 0 Å². The fourth-order valence-electron chi connectivity index (χ4n) is 4.49. The van der Waals surface area contributed by atoms with Gasteiger partial charge in [-0.3, -0.25) is 14.5 Å². The first-order valence-electron chi connectivity index (χ1n) is 11.0. The van der Waals surface area contributed by atoms with Gasteiger partial charge in [-0.1, -0.05) is 29.8 Å². The molecule has 2 saturated heterocycles. The van der Waals surface area contributed by atoms with Crippen LogP contribution < -0.4 is 0 Å². The molecule has 2 aliphatic rings. The summed E-state index contributed by atoms with van der Waals surface area (Å²) in [5, 5.41) is 0. The minimum atomic E-state index is -0.0988. The quantitative estimate of drug-likeness (QED) is 0.778. The van der Waals surface area contributed by atoms with Crippen molar-refractivity contribution in [3.8, 4) is 0 Å².